The number of nitrogens with one attached hydrogen (secondary N) is 1. The Labute approximate surface area is 134 Å². The number of hydrogen-bond donors (Lipinski definition) is 1. The molecule has 1 aromatic carbocycles. The summed E-state index contributed by atoms with van der Waals surface area (Å²) >= 11 is 12.2. The van der Waals surface area contributed by atoms with Crippen molar-refractivity contribution in [3.8, 4) is 0 Å². The van der Waals surface area contributed by atoms with Gasteiger partial charge < -0.3 is 10.2 Å². The van der Waals surface area contributed by atoms with Crippen LogP contribution in [0.5, 0.6) is 0 Å². The monoisotopic (exact) mass is 332 g/mol. The molecule has 21 heavy (non-hydrogen) atoms. The van der Waals surface area contributed by atoms with Crippen LogP contribution in [0, 0.1) is 5.82 Å². The summed E-state index contributed by atoms with van der Waals surface area (Å²) in [6, 6.07) is 2.92. The second kappa shape index (κ2) is 6.95. The molecule has 1 aliphatic rings. The second-order valence-electron chi connectivity index (χ2n) is 5.43. The molecule has 0 aliphatic carbocycles. The standard InChI is InChI=1S/C15H19Cl2FN2O/c1-9(14-12(16)3-4-13(18)15(14)17)19-11-5-7-20(8-6-11)10(2)21/h3-4,9,11,19H,5-8H2,1-2H3. The maximum absolute atomic E-state index is 13.6. The topological polar surface area (TPSA) is 32.3 Å². The third-order valence-electron chi connectivity index (χ3n) is 3.94. The Hall–Kier alpha value is -0.840. The van der Waals surface area contributed by atoms with Crippen molar-refractivity contribution in [1.29, 1.82) is 0 Å². The summed E-state index contributed by atoms with van der Waals surface area (Å²) in [7, 11) is 0. The lowest BCUT2D eigenvalue weighted by molar-refractivity contribution is -0.129. The van der Waals surface area contributed by atoms with Crippen LogP contribution in [-0.4, -0.2) is 29.9 Å². The molecule has 1 atom stereocenters. The fraction of sp³-hybridized carbons (Fsp3) is 0.533. The van der Waals surface area contributed by atoms with Gasteiger partial charge in [-0.1, -0.05) is 23.2 Å². The van der Waals surface area contributed by atoms with Crippen LogP contribution in [0.25, 0.3) is 0 Å². The normalized spacial score (nSPS) is 17.9. The van der Waals surface area contributed by atoms with Crippen molar-refractivity contribution < 1.29 is 9.18 Å². The van der Waals surface area contributed by atoms with Gasteiger partial charge in [-0.3, -0.25) is 4.79 Å². The number of benzene rings is 1. The zero-order chi connectivity index (χ0) is 15.6. The molecule has 0 spiro atoms. The average Bonchev–Trinajstić information content (AvgIpc) is 2.44. The van der Waals surface area contributed by atoms with E-state index in [4.69, 9.17) is 23.2 Å². The number of likely N-dealkylation sites (tertiary alicyclic amines) is 1. The van der Waals surface area contributed by atoms with E-state index in [2.05, 4.69) is 5.32 Å². The Morgan fingerprint density at radius 3 is 2.57 bits per heavy atom. The largest absolute Gasteiger partial charge is 0.343 e. The van der Waals surface area contributed by atoms with Gasteiger partial charge in [-0.25, -0.2) is 4.39 Å². The van der Waals surface area contributed by atoms with Crippen molar-refractivity contribution in [2.75, 3.05) is 13.1 Å². The molecule has 1 amide bonds. The van der Waals surface area contributed by atoms with Gasteiger partial charge >= 0.3 is 0 Å². The molecule has 116 valence electrons. The first-order valence-electron chi connectivity index (χ1n) is 7.05. The predicted molar refractivity (Wildman–Crippen MR) is 83.2 cm³/mol. The fourth-order valence-corrected chi connectivity index (χ4v) is 3.44. The van der Waals surface area contributed by atoms with Gasteiger partial charge in [0.2, 0.25) is 5.91 Å². The molecule has 1 fully saturated rings. The van der Waals surface area contributed by atoms with Crippen molar-refractivity contribution in [2.24, 2.45) is 0 Å². The fourth-order valence-electron chi connectivity index (χ4n) is 2.74. The van der Waals surface area contributed by atoms with Crippen molar-refractivity contribution in [1.82, 2.24) is 10.2 Å². The molecule has 0 saturated carbocycles. The smallest absolute Gasteiger partial charge is 0.219 e. The van der Waals surface area contributed by atoms with Crippen LogP contribution in [0.3, 0.4) is 0 Å². The molecule has 1 saturated heterocycles. The molecule has 3 nitrogen and oxygen atoms in total. The highest BCUT2D eigenvalue weighted by Gasteiger charge is 2.24. The highest BCUT2D eigenvalue weighted by atomic mass is 35.5. The quantitative estimate of drug-likeness (QED) is 0.854. The molecule has 1 aliphatic heterocycles. The van der Waals surface area contributed by atoms with Crippen LogP contribution >= 0.6 is 23.2 Å². The minimum absolute atomic E-state index is 0.0728. The van der Waals surface area contributed by atoms with Crippen LogP contribution in [0.2, 0.25) is 10.0 Å². The lowest BCUT2D eigenvalue weighted by atomic mass is 10.0. The third kappa shape index (κ3) is 3.87. The van der Waals surface area contributed by atoms with Gasteiger partial charge in [0.05, 0.1) is 5.02 Å². The summed E-state index contributed by atoms with van der Waals surface area (Å²) in [5, 5.41) is 3.96. The molecule has 0 aromatic heterocycles. The second-order valence-corrected chi connectivity index (χ2v) is 6.21. The Balaban J connectivity index is 2.01. The van der Waals surface area contributed by atoms with Crippen molar-refractivity contribution in [3.63, 3.8) is 0 Å². The van der Waals surface area contributed by atoms with Gasteiger partial charge in [0.1, 0.15) is 5.82 Å². The average molecular weight is 333 g/mol. The summed E-state index contributed by atoms with van der Waals surface area (Å²) in [6.45, 7) is 4.99. The van der Waals surface area contributed by atoms with E-state index in [1.807, 2.05) is 11.8 Å². The Morgan fingerprint density at radius 2 is 2.00 bits per heavy atom. The number of hydrogen-bond acceptors (Lipinski definition) is 2. The van der Waals surface area contributed by atoms with Crippen LogP contribution in [0.15, 0.2) is 12.1 Å². The van der Waals surface area contributed by atoms with Crippen LogP contribution in [-0.2, 0) is 4.79 Å². The van der Waals surface area contributed by atoms with E-state index in [-0.39, 0.29) is 23.0 Å². The number of carbonyl (C=O) groups is 1. The van der Waals surface area contributed by atoms with E-state index < -0.39 is 5.82 Å². The number of nitrogens with zero attached hydrogens (tertiary/aromatic N) is 1. The van der Waals surface area contributed by atoms with Crippen LogP contribution in [0.1, 0.15) is 38.3 Å². The van der Waals surface area contributed by atoms with E-state index in [0.717, 1.165) is 25.9 Å². The molecule has 2 rings (SSSR count). The molecule has 0 radical (unpaired) electrons. The van der Waals surface area contributed by atoms with Crippen LogP contribution < -0.4 is 5.32 Å². The minimum atomic E-state index is -0.462. The highest BCUT2D eigenvalue weighted by molar-refractivity contribution is 6.36. The highest BCUT2D eigenvalue weighted by Crippen LogP contribution is 2.33. The van der Waals surface area contributed by atoms with Gasteiger partial charge in [0.25, 0.3) is 0 Å². The van der Waals surface area contributed by atoms with E-state index in [9.17, 15) is 9.18 Å². The molecule has 1 aromatic rings. The Kier molecular flexibility index (Phi) is 5.47. The Morgan fingerprint density at radius 1 is 1.38 bits per heavy atom. The van der Waals surface area contributed by atoms with Crippen molar-refractivity contribution in [2.45, 2.75) is 38.8 Å². The lowest BCUT2D eigenvalue weighted by Crippen LogP contribution is -2.44. The first-order chi connectivity index (χ1) is 9.90. The van der Waals surface area contributed by atoms with E-state index in [0.29, 0.717) is 10.6 Å². The maximum atomic E-state index is 13.6. The summed E-state index contributed by atoms with van der Waals surface area (Å²) in [5.74, 6) is -0.353. The summed E-state index contributed by atoms with van der Waals surface area (Å²) in [4.78, 5) is 13.1. The van der Waals surface area contributed by atoms with E-state index >= 15 is 0 Å². The molecule has 1 unspecified atom stereocenters. The zero-order valence-corrected chi connectivity index (χ0v) is 13.6. The van der Waals surface area contributed by atoms with Crippen molar-refractivity contribution in [3.05, 3.63) is 33.6 Å². The first kappa shape index (κ1) is 16.5. The number of carbonyl (C=O) groups excluding carboxylic acids is 1. The molecule has 1 heterocycles. The van der Waals surface area contributed by atoms with Gasteiger partial charge in [0, 0.05) is 42.7 Å². The van der Waals surface area contributed by atoms with E-state index in [1.54, 1.807) is 6.92 Å². The summed E-state index contributed by atoms with van der Waals surface area (Å²) < 4.78 is 13.6. The first-order valence-corrected chi connectivity index (χ1v) is 7.80. The number of amides is 1. The predicted octanol–water partition coefficient (Wildman–Crippen LogP) is 3.79. The molecule has 6 heteroatoms. The van der Waals surface area contributed by atoms with Crippen LogP contribution in [0.4, 0.5) is 4.39 Å². The summed E-state index contributed by atoms with van der Waals surface area (Å²) in [6.07, 6.45) is 1.74. The van der Waals surface area contributed by atoms with Crippen molar-refractivity contribution >= 4 is 29.1 Å². The molecular formula is C15H19Cl2FN2O. The molecule has 0 bridgehead atoms. The lowest BCUT2D eigenvalue weighted by Gasteiger charge is -2.33. The SMILES string of the molecule is CC(=O)N1CCC(NC(C)c2c(Cl)ccc(F)c2Cl)CC1. The summed E-state index contributed by atoms with van der Waals surface area (Å²) in [5.41, 5.74) is 0.590. The molecule has 1 N–H and O–H groups in total. The molecular weight excluding hydrogens is 314 g/mol. The number of piperidine rings is 1. The number of halogens is 3. The van der Waals surface area contributed by atoms with Gasteiger partial charge in [-0.15, -0.1) is 0 Å². The van der Waals surface area contributed by atoms with E-state index in [1.165, 1.54) is 12.1 Å². The van der Waals surface area contributed by atoms with Gasteiger partial charge in [-0.2, -0.15) is 0 Å². The Bertz CT molecular complexity index is 531. The maximum Gasteiger partial charge on any atom is 0.219 e. The number of rotatable bonds is 3. The van der Waals surface area contributed by atoms with Gasteiger partial charge in [0.15, 0.2) is 0 Å². The minimum Gasteiger partial charge on any atom is -0.343 e. The third-order valence-corrected chi connectivity index (χ3v) is 4.65. The van der Waals surface area contributed by atoms with Gasteiger partial charge in [-0.05, 0) is 31.9 Å². The zero-order valence-electron chi connectivity index (χ0n) is 12.1.